The van der Waals surface area contributed by atoms with Gasteiger partial charge in [-0.25, -0.2) is 9.37 Å². The predicted molar refractivity (Wildman–Crippen MR) is 163 cm³/mol. The van der Waals surface area contributed by atoms with Crippen LogP contribution in [0.5, 0.6) is 5.75 Å². The van der Waals surface area contributed by atoms with Crippen molar-refractivity contribution in [3.63, 3.8) is 0 Å². The molecule has 0 amide bonds. The van der Waals surface area contributed by atoms with Crippen LogP contribution in [0.15, 0.2) is 30.5 Å². The van der Waals surface area contributed by atoms with E-state index in [9.17, 15) is 14.0 Å². The topological polar surface area (TPSA) is 97.5 Å². The molecule has 0 bridgehead atoms. The number of methoxy groups -OCH3 is 3. The molecular weight excluding hydrogens is 551 g/mol. The molecule has 9 nitrogen and oxygen atoms in total. The first-order valence-electron chi connectivity index (χ1n) is 14.7. The maximum Gasteiger partial charge on any atom is 0.308 e. The van der Waals surface area contributed by atoms with E-state index in [-0.39, 0.29) is 29.5 Å². The van der Waals surface area contributed by atoms with Gasteiger partial charge < -0.3 is 18.8 Å². The van der Waals surface area contributed by atoms with Crippen LogP contribution in [-0.4, -0.2) is 59.1 Å². The van der Waals surface area contributed by atoms with Crippen LogP contribution >= 0.6 is 0 Å². The van der Waals surface area contributed by atoms with Gasteiger partial charge in [0.1, 0.15) is 0 Å². The number of pyridine rings is 1. The van der Waals surface area contributed by atoms with E-state index in [1.807, 2.05) is 26.8 Å². The van der Waals surface area contributed by atoms with Gasteiger partial charge in [-0.2, -0.15) is 9.78 Å². The van der Waals surface area contributed by atoms with E-state index in [2.05, 4.69) is 23.5 Å². The maximum absolute atomic E-state index is 14.6. The highest BCUT2D eigenvalue weighted by Crippen LogP contribution is 2.47. The molecular formula is C33H41FN4O5. The summed E-state index contributed by atoms with van der Waals surface area (Å²) in [6, 6.07) is 6.83. The lowest BCUT2D eigenvalue weighted by Crippen LogP contribution is -2.30. The molecule has 3 heterocycles. The van der Waals surface area contributed by atoms with Crippen molar-refractivity contribution >= 4 is 33.9 Å². The molecule has 230 valence electrons. The van der Waals surface area contributed by atoms with Crippen LogP contribution in [0.3, 0.4) is 0 Å². The monoisotopic (exact) mass is 592 g/mol. The fourth-order valence-corrected chi connectivity index (χ4v) is 6.46. The largest absolute Gasteiger partial charge is 0.494 e. The highest BCUT2D eigenvalue weighted by Gasteiger charge is 2.38. The smallest absolute Gasteiger partial charge is 0.308 e. The van der Waals surface area contributed by atoms with Crippen molar-refractivity contribution in [2.75, 3.05) is 27.9 Å². The molecule has 4 aromatic rings. The standard InChI is InChI=1S/C33H41FN4O5/c1-32(2,3)31(40)38-29-21(17-35-38)15-24-27(36-29)26(19-9-11-20(12-10-19)30(39)43-8)28(33(4,5)18-41-6)37(24)22-13-14-23(34)25(16-22)42-7/h13-17,19-20H,9-12,18H2,1-8H3. The van der Waals surface area contributed by atoms with Crippen LogP contribution < -0.4 is 4.74 Å². The summed E-state index contributed by atoms with van der Waals surface area (Å²) in [5.41, 5.74) is 3.65. The molecule has 0 saturated heterocycles. The number of hydrogen-bond donors (Lipinski definition) is 0. The minimum Gasteiger partial charge on any atom is -0.494 e. The Bertz CT molecular complexity index is 1690. The van der Waals surface area contributed by atoms with Crippen LogP contribution in [0.1, 0.15) is 82.3 Å². The summed E-state index contributed by atoms with van der Waals surface area (Å²) in [6.07, 6.45) is 4.58. The maximum atomic E-state index is 14.6. The van der Waals surface area contributed by atoms with Gasteiger partial charge in [-0.15, -0.1) is 0 Å². The van der Waals surface area contributed by atoms with E-state index < -0.39 is 16.6 Å². The predicted octanol–water partition coefficient (Wildman–Crippen LogP) is 6.58. The average molecular weight is 593 g/mol. The van der Waals surface area contributed by atoms with E-state index >= 15 is 0 Å². The van der Waals surface area contributed by atoms with Crippen molar-refractivity contribution in [3.05, 3.63) is 47.5 Å². The Hall–Kier alpha value is -3.79. The van der Waals surface area contributed by atoms with Crippen LogP contribution in [0.4, 0.5) is 4.39 Å². The third-order valence-corrected chi connectivity index (χ3v) is 8.54. The lowest BCUT2D eigenvalue weighted by atomic mass is 9.75. The highest BCUT2D eigenvalue weighted by molar-refractivity contribution is 5.98. The number of fused-ring (bicyclic) bond motifs is 2. The lowest BCUT2D eigenvalue weighted by molar-refractivity contribution is -0.146. The molecule has 43 heavy (non-hydrogen) atoms. The molecule has 1 aromatic carbocycles. The molecule has 0 radical (unpaired) electrons. The van der Waals surface area contributed by atoms with Gasteiger partial charge in [0.05, 0.1) is 44.0 Å². The molecule has 3 aromatic heterocycles. The molecule has 10 heteroatoms. The van der Waals surface area contributed by atoms with Gasteiger partial charge in [0.15, 0.2) is 17.2 Å². The Kier molecular flexibility index (Phi) is 8.11. The Morgan fingerprint density at radius 2 is 1.72 bits per heavy atom. The zero-order valence-electron chi connectivity index (χ0n) is 26.3. The number of hydrogen-bond acceptors (Lipinski definition) is 7. The van der Waals surface area contributed by atoms with Gasteiger partial charge in [-0.1, -0.05) is 34.6 Å². The fourth-order valence-electron chi connectivity index (χ4n) is 6.46. The number of rotatable bonds is 7. The van der Waals surface area contributed by atoms with Gasteiger partial charge in [-0.3, -0.25) is 9.59 Å². The molecule has 1 fully saturated rings. The number of benzene rings is 1. The Morgan fingerprint density at radius 3 is 2.33 bits per heavy atom. The number of nitrogens with zero attached hydrogens (tertiary/aromatic N) is 4. The fraction of sp³-hybridized carbons (Fsp3) is 0.515. The van der Waals surface area contributed by atoms with Crippen LogP contribution in [0, 0.1) is 17.2 Å². The van der Waals surface area contributed by atoms with E-state index in [1.54, 1.807) is 25.4 Å². The van der Waals surface area contributed by atoms with E-state index in [0.717, 1.165) is 46.2 Å². The van der Waals surface area contributed by atoms with Crippen LogP contribution in [-0.2, 0) is 19.7 Å². The van der Waals surface area contributed by atoms with Crippen molar-refractivity contribution in [3.8, 4) is 11.4 Å². The first-order chi connectivity index (χ1) is 20.3. The van der Waals surface area contributed by atoms with Crippen molar-refractivity contribution in [1.29, 1.82) is 0 Å². The quantitative estimate of drug-likeness (QED) is 0.224. The second-order valence-corrected chi connectivity index (χ2v) is 13.2. The number of carbonyl (C=O) groups is 2. The van der Waals surface area contributed by atoms with E-state index in [1.165, 1.54) is 25.0 Å². The van der Waals surface area contributed by atoms with Gasteiger partial charge in [0.25, 0.3) is 5.91 Å². The molecule has 0 spiro atoms. The number of aromatic nitrogens is 4. The zero-order valence-corrected chi connectivity index (χ0v) is 26.3. The number of ether oxygens (including phenoxy) is 3. The van der Waals surface area contributed by atoms with Gasteiger partial charge in [0, 0.05) is 46.3 Å². The van der Waals surface area contributed by atoms with Crippen molar-refractivity contribution in [1.82, 2.24) is 19.3 Å². The first-order valence-corrected chi connectivity index (χ1v) is 14.7. The summed E-state index contributed by atoms with van der Waals surface area (Å²) in [6.45, 7) is 10.2. The molecule has 1 saturated carbocycles. The number of carbonyl (C=O) groups excluding carboxylic acids is 2. The molecule has 1 aliphatic carbocycles. The average Bonchev–Trinajstić information content (AvgIpc) is 3.54. The van der Waals surface area contributed by atoms with Crippen molar-refractivity contribution < 1.29 is 28.2 Å². The van der Waals surface area contributed by atoms with E-state index in [0.29, 0.717) is 25.1 Å². The molecule has 0 atom stereocenters. The van der Waals surface area contributed by atoms with Crippen LogP contribution in [0.25, 0.3) is 27.8 Å². The minimum absolute atomic E-state index is 0.0813. The Morgan fingerprint density at radius 1 is 1.02 bits per heavy atom. The Labute approximate surface area is 251 Å². The normalized spacial score (nSPS) is 17.9. The number of halogens is 1. The Balaban J connectivity index is 1.85. The summed E-state index contributed by atoms with van der Waals surface area (Å²) in [7, 11) is 4.56. The summed E-state index contributed by atoms with van der Waals surface area (Å²) < 4.78 is 34.3. The zero-order chi connectivity index (χ0) is 31.3. The lowest BCUT2D eigenvalue weighted by Gasteiger charge is -2.32. The number of esters is 1. The molecule has 0 aliphatic heterocycles. The third kappa shape index (κ3) is 5.41. The second kappa shape index (κ2) is 11.4. The molecule has 1 aliphatic rings. The van der Waals surface area contributed by atoms with Gasteiger partial charge in [0.2, 0.25) is 0 Å². The van der Waals surface area contributed by atoms with Gasteiger partial charge >= 0.3 is 5.97 Å². The van der Waals surface area contributed by atoms with E-state index in [4.69, 9.17) is 19.2 Å². The molecule has 0 unspecified atom stereocenters. The third-order valence-electron chi connectivity index (χ3n) is 8.54. The van der Waals surface area contributed by atoms with Crippen molar-refractivity contribution in [2.24, 2.45) is 11.3 Å². The summed E-state index contributed by atoms with van der Waals surface area (Å²) in [4.78, 5) is 30.9. The van der Waals surface area contributed by atoms with Crippen molar-refractivity contribution in [2.45, 2.75) is 71.6 Å². The minimum atomic E-state index is -0.660. The summed E-state index contributed by atoms with van der Waals surface area (Å²) >= 11 is 0. The van der Waals surface area contributed by atoms with Gasteiger partial charge in [-0.05, 0) is 49.8 Å². The first kappa shape index (κ1) is 30.7. The summed E-state index contributed by atoms with van der Waals surface area (Å²) in [5, 5.41) is 5.16. The summed E-state index contributed by atoms with van der Waals surface area (Å²) in [5.74, 6) is -0.715. The SMILES string of the molecule is COCC(C)(C)c1c(C2CCC(C(=O)OC)CC2)c2nc3c(cnn3C(=O)C(C)(C)C)cc2n1-c1ccc(F)c(OC)c1. The highest BCUT2D eigenvalue weighted by atomic mass is 19.1. The molecule has 0 N–H and O–H groups in total. The second-order valence-electron chi connectivity index (χ2n) is 13.2. The van der Waals surface area contributed by atoms with Crippen LogP contribution in [0.2, 0.25) is 0 Å². The molecule has 5 rings (SSSR count).